The van der Waals surface area contributed by atoms with Crippen molar-refractivity contribution in [1.29, 1.82) is 0 Å². The fourth-order valence-electron chi connectivity index (χ4n) is 1.13. The molecule has 4 nitrogen and oxygen atoms in total. The normalized spacial score (nSPS) is 10.1. The number of nitrogens with two attached hydrogens (primary N) is 1. The second-order valence-corrected chi connectivity index (χ2v) is 4.19. The number of rotatable bonds is 5. The number of nitrogen functional groups attached to an aromatic ring is 1. The maximum Gasteiger partial charge on any atom is 0.250 e. The summed E-state index contributed by atoms with van der Waals surface area (Å²) in [5.74, 6) is -0.181. The molecule has 0 unspecified atom stereocenters. The fourth-order valence-corrected chi connectivity index (χ4v) is 1.48. The van der Waals surface area contributed by atoms with E-state index in [-0.39, 0.29) is 12.5 Å². The minimum atomic E-state index is -0.181. The van der Waals surface area contributed by atoms with Gasteiger partial charge in [-0.1, -0.05) is 6.92 Å². The second kappa shape index (κ2) is 6.50. The van der Waals surface area contributed by atoms with E-state index in [2.05, 4.69) is 21.2 Å². The highest BCUT2D eigenvalue weighted by atomic mass is 79.9. The maximum atomic E-state index is 11.5. The maximum absolute atomic E-state index is 11.5. The predicted molar refractivity (Wildman–Crippen MR) is 68.3 cm³/mol. The number of nitrogens with one attached hydrogen (secondary N) is 1. The first-order valence-electron chi connectivity index (χ1n) is 5.06. The summed E-state index contributed by atoms with van der Waals surface area (Å²) in [7, 11) is 0. The molecule has 1 amide bonds. The highest BCUT2D eigenvalue weighted by molar-refractivity contribution is 9.10. The number of carbonyl (C=O) groups is 1. The molecule has 0 aromatic heterocycles. The number of hydrogen-bond donors (Lipinski definition) is 2. The topological polar surface area (TPSA) is 64.3 Å². The quantitative estimate of drug-likeness (QED) is 0.645. The summed E-state index contributed by atoms with van der Waals surface area (Å²) in [6, 6.07) is 5.24. The Hall–Kier alpha value is -1.07. The van der Waals surface area contributed by atoms with Gasteiger partial charge in [0.15, 0.2) is 0 Å². The van der Waals surface area contributed by atoms with Crippen LogP contribution in [-0.2, 0) is 9.53 Å². The number of carbonyl (C=O) groups excluding carboxylic acids is 1. The third kappa shape index (κ3) is 4.20. The molecule has 0 aliphatic heterocycles. The molecule has 0 fully saturated rings. The highest BCUT2D eigenvalue weighted by Crippen LogP contribution is 2.24. The van der Waals surface area contributed by atoms with Gasteiger partial charge in [-0.05, 0) is 40.5 Å². The SMILES string of the molecule is CCCOCC(=O)Nc1cc(N)ccc1Br. The van der Waals surface area contributed by atoms with E-state index >= 15 is 0 Å². The zero-order valence-electron chi connectivity index (χ0n) is 9.13. The van der Waals surface area contributed by atoms with Crippen molar-refractivity contribution in [2.75, 3.05) is 24.3 Å². The van der Waals surface area contributed by atoms with Gasteiger partial charge in [0.1, 0.15) is 6.61 Å². The third-order valence-corrected chi connectivity index (χ3v) is 2.54. The van der Waals surface area contributed by atoms with Crippen LogP contribution >= 0.6 is 15.9 Å². The molecule has 1 aromatic rings. The molecule has 0 spiro atoms. The molecule has 0 bridgehead atoms. The molecule has 0 radical (unpaired) electrons. The lowest BCUT2D eigenvalue weighted by molar-refractivity contribution is -0.120. The largest absolute Gasteiger partial charge is 0.399 e. The molecule has 0 heterocycles. The van der Waals surface area contributed by atoms with Gasteiger partial charge >= 0.3 is 0 Å². The number of amides is 1. The third-order valence-electron chi connectivity index (χ3n) is 1.85. The van der Waals surface area contributed by atoms with Gasteiger partial charge in [0, 0.05) is 16.8 Å². The summed E-state index contributed by atoms with van der Waals surface area (Å²) in [5.41, 5.74) is 6.88. The van der Waals surface area contributed by atoms with Crippen molar-refractivity contribution in [3.05, 3.63) is 22.7 Å². The van der Waals surface area contributed by atoms with Gasteiger partial charge in [-0.2, -0.15) is 0 Å². The lowest BCUT2D eigenvalue weighted by Gasteiger charge is -2.08. The summed E-state index contributed by atoms with van der Waals surface area (Å²) < 4.78 is 5.93. The Balaban J connectivity index is 2.52. The molecular formula is C11H15BrN2O2. The van der Waals surface area contributed by atoms with Crippen molar-refractivity contribution in [2.24, 2.45) is 0 Å². The van der Waals surface area contributed by atoms with Gasteiger partial charge in [-0.15, -0.1) is 0 Å². The van der Waals surface area contributed by atoms with Crippen molar-refractivity contribution < 1.29 is 9.53 Å². The summed E-state index contributed by atoms with van der Waals surface area (Å²) in [5, 5.41) is 2.72. The number of ether oxygens (including phenoxy) is 1. The van der Waals surface area contributed by atoms with Crippen LogP contribution < -0.4 is 11.1 Å². The van der Waals surface area contributed by atoms with Gasteiger partial charge in [-0.25, -0.2) is 0 Å². The summed E-state index contributed by atoms with van der Waals surface area (Å²) in [4.78, 5) is 11.5. The van der Waals surface area contributed by atoms with Crippen LogP contribution in [0, 0.1) is 0 Å². The minimum absolute atomic E-state index is 0.0646. The van der Waals surface area contributed by atoms with Gasteiger partial charge < -0.3 is 15.8 Å². The molecule has 5 heteroatoms. The Morgan fingerprint density at radius 3 is 3.00 bits per heavy atom. The Morgan fingerprint density at radius 2 is 2.31 bits per heavy atom. The molecule has 1 rings (SSSR count). The molecule has 0 saturated carbocycles. The van der Waals surface area contributed by atoms with Crippen LogP contribution in [0.25, 0.3) is 0 Å². The fraction of sp³-hybridized carbons (Fsp3) is 0.364. The molecule has 0 atom stereocenters. The van der Waals surface area contributed by atoms with Crippen molar-refractivity contribution in [3.63, 3.8) is 0 Å². The first-order chi connectivity index (χ1) is 7.63. The average Bonchev–Trinajstić information content (AvgIpc) is 2.24. The lowest BCUT2D eigenvalue weighted by atomic mass is 10.3. The Kier molecular flexibility index (Phi) is 5.28. The average molecular weight is 287 g/mol. The summed E-state index contributed by atoms with van der Waals surface area (Å²) in [6.45, 7) is 2.65. The molecule has 0 aliphatic rings. The standard InChI is InChI=1S/C11H15BrN2O2/c1-2-5-16-7-11(15)14-10-6-8(13)3-4-9(10)12/h3-4,6H,2,5,7,13H2,1H3,(H,14,15). The number of hydrogen-bond acceptors (Lipinski definition) is 3. The van der Waals surface area contributed by atoms with Crippen molar-refractivity contribution in [2.45, 2.75) is 13.3 Å². The molecular weight excluding hydrogens is 272 g/mol. The van der Waals surface area contributed by atoms with Gasteiger partial charge in [0.2, 0.25) is 5.91 Å². The van der Waals surface area contributed by atoms with Gasteiger partial charge in [0.25, 0.3) is 0 Å². The van der Waals surface area contributed by atoms with Crippen molar-refractivity contribution >= 4 is 33.2 Å². The van der Waals surface area contributed by atoms with Gasteiger partial charge in [0.05, 0.1) is 5.69 Å². The molecule has 3 N–H and O–H groups in total. The minimum Gasteiger partial charge on any atom is -0.399 e. The zero-order chi connectivity index (χ0) is 12.0. The monoisotopic (exact) mass is 286 g/mol. The van der Waals surface area contributed by atoms with Crippen LogP contribution in [0.4, 0.5) is 11.4 Å². The van der Waals surface area contributed by atoms with E-state index < -0.39 is 0 Å². The zero-order valence-corrected chi connectivity index (χ0v) is 10.7. The van der Waals surface area contributed by atoms with E-state index in [1.54, 1.807) is 18.2 Å². The van der Waals surface area contributed by atoms with E-state index in [1.165, 1.54) is 0 Å². The first kappa shape index (κ1) is 13.0. The lowest BCUT2D eigenvalue weighted by Crippen LogP contribution is -2.18. The Morgan fingerprint density at radius 1 is 1.56 bits per heavy atom. The predicted octanol–water partition coefficient (Wildman–Crippen LogP) is 2.40. The van der Waals surface area contributed by atoms with Gasteiger partial charge in [-0.3, -0.25) is 4.79 Å². The number of benzene rings is 1. The highest BCUT2D eigenvalue weighted by Gasteiger charge is 2.05. The molecule has 1 aromatic carbocycles. The van der Waals surface area contributed by atoms with E-state index in [9.17, 15) is 4.79 Å². The molecule has 88 valence electrons. The van der Waals surface area contributed by atoms with E-state index in [4.69, 9.17) is 10.5 Å². The van der Waals surface area contributed by atoms with E-state index in [1.807, 2.05) is 6.92 Å². The molecule has 0 aliphatic carbocycles. The smallest absolute Gasteiger partial charge is 0.250 e. The van der Waals surface area contributed by atoms with E-state index in [0.717, 1.165) is 10.9 Å². The number of anilines is 2. The summed E-state index contributed by atoms with van der Waals surface area (Å²) in [6.07, 6.45) is 0.898. The van der Waals surface area contributed by atoms with E-state index in [0.29, 0.717) is 18.0 Å². The van der Waals surface area contributed by atoms with Crippen LogP contribution in [-0.4, -0.2) is 19.1 Å². The molecule has 0 saturated heterocycles. The summed E-state index contributed by atoms with van der Waals surface area (Å²) >= 11 is 3.33. The van der Waals surface area contributed by atoms with Crippen LogP contribution in [0.1, 0.15) is 13.3 Å². The number of halogens is 1. The van der Waals surface area contributed by atoms with Crippen LogP contribution in [0.15, 0.2) is 22.7 Å². The first-order valence-corrected chi connectivity index (χ1v) is 5.85. The molecule has 16 heavy (non-hydrogen) atoms. The van der Waals surface area contributed by atoms with Crippen LogP contribution in [0.5, 0.6) is 0 Å². The van der Waals surface area contributed by atoms with Crippen LogP contribution in [0.2, 0.25) is 0 Å². The van der Waals surface area contributed by atoms with Crippen molar-refractivity contribution in [1.82, 2.24) is 0 Å². The van der Waals surface area contributed by atoms with Crippen molar-refractivity contribution in [3.8, 4) is 0 Å². The Bertz CT molecular complexity index is 369. The van der Waals surface area contributed by atoms with Crippen LogP contribution in [0.3, 0.4) is 0 Å². The second-order valence-electron chi connectivity index (χ2n) is 3.34. The Labute approximate surface area is 103 Å².